The molecule has 0 bridgehead atoms. The van der Waals surface area contributed by atoms with E-state index in [0.717, 1.165) is 0 Å². The van der Waals surface area contributed by atoms with E-state index in [1.165, 1.54) is 17.0 Å². The third kappa shape index (κ3) is 3.28. The Morgan fingerprint density at radius 3 is 2.56 bits per heavy atom. The maximum atomic E-state index is 13.9. The summed E-state index contributed by atoms with van der Waals surface area (Å²) < 4.78 is 13.9. The molecule has 0 spiro atoms. The lowest BCUT2D eigenvalue weighted by Crippen LogP contribution is -2.27. The highest BCUT2D eigenvalue weighted by atomic mass is 35.5. The zero-order valence-corrected chi connectivity index (χ0v) is 14.9. The second kappa shape index (κ2) is 6.69. The number of hydrogen-bond donors (Lipinski definition) is 0. The van der Waals surface area contributed by atoms with E-state index >= 15 is 0 Å². The number of benzodiazepines with no additional fused rings is 1. The van der Waals surface area contributed by atoms with Crippen LogP contribution in [0.1, 0.15) is 11.1 Å². The van der Waals surface area contributed by atoms with Crippen molar-refractivity contribution in [2.24, 2.45) is 4.99 Å². The molecule has 0 atom stereocenters. The van der Waals surface area contributed by atoms with Crippen LogP contribution in [-0.2, 0) is 4.79 Å². The smallest absolute Gasteiger partial charge is 0.278 e. The molecular weight excluding hydrogens is 341 g/mol. The van der Waals surface area contributed by atoms with E-state index in [2.05, 4.69) is 4.99 Å². The minimum Gasteiger partial charge on any atom is -0.382 e. The molecule has 0 N–H and O–H groups in total. The molecule has 128 valence electrons. The molecule has 6 heteroatoms. The summed E-state index contributed by atoms with van der Waals surface area (Å²) >= 11 is 6.34. The molecule has 0 aliphatic carbocycles. The number of likely N-dealkylation sites (N-methyl/N-ethyl adjacent to an activating group) is 1. The predicted octanol–water partition coefficient (Wildman–Crippen LogP) is 3.70. The minimum atomic E-state index is -0.403. The van der Waals surface area contributed by atoms with Crippen molar-refractivity contribution in [2.75, 3.05) is 26.0 Å². The Bertz CT molecular complexity index is 905. The lowest BCUT2D eigenvalue weighted by Gasteiger charge is -2.18. The van der Waals surface area contributed by atoms with Crippen molar-refractivity contribution in [3.63, 3.8) is 0 Å². The third-order valence-corrected chi connectivity index (χ3v) is 4.17. The van der Waals surface area contributed by atoms with Crippen LogP contribution in [0.4, 0.5) is 10.1 Å². The fourth-order valence-corrected chi connectivity index (χ4v) is 2.91. The van der Waals surface area contributed by atoms with Gasteiger partial charge in [0, 0.05) is 43.5 Å². The molecule has 0 saturated carbocycles. The van der Waals surface area contributed by atoms with Crippen molar-refractivity contribution >= 4 is 28.9 Å². The maximum Gasteiger partial charge on any atom is 0.278 e. The Morgan fingerprint density at radius 1 is 1.16 bits per heavy atom. The first kappa shape index (κ1) is 17.2. The number of carbonyl (C=O) groups excluding carboxylic acids is 1. The molecule has 25 heavy (non-hydrogen) atoms. The van der Waals surface area contributed by atoms with Gasteiger partial charge in [0.1, 0.15) is 11.5 Å². The average Bonchev–Trinajstić information content (AvgIpc) is 2.66. The highest BCUT2D eigenvalue weighted by Crippen LogP contribution is 2.31. The molecule has 0 aromatic heterocycles. The molecule has 0 unspecified atom stereocenters. The van der Waals surface area contributed by atoms with Crippen LogP contribution in [-0.4, -0.2) is 37.7 Å². The highest BCUT2D eigenvalue weighted by Gasteiger charge is 2.27. The van der Waals surface area contributed by atoms with Crippen LogP contribution in [0.5, 0.6) is 0 Å². The number of fused-ring (bicyclic) bond motifs is 1. The molecule has 1 amide bonds. The SMILES string of the molecule is CN(C)C=C1N=C(c2ccccc2Cl)c2cc(F)ccc2N(C)C1=O. The predicted molar refractivity (Wildman–Crippen MR) is 98.7 cm³/mol. The number of hydrogen-bond acceptors (Lipinski definition) is 3. The molecule has 0 saturated heterocycles. The minimum absolute atomic E-state index is 0.249. The number of benzene rings is 2. The normalized spacial score (nSPS) is 15.7. The molecule has 2 aromatic carbocycles. The van der Waals surface area contributed by atoms with Gasteiger partial charge in [0.05, 0.1) is 11.4 Å². The molecule has 3 rings (SSSR count). The lowest BCUT2D eigenvalue weighted by molar-refractivity contribution is -0.114. The van der Waals surface area contributed by atoms with Crippen molar-refractivity contribution in [3.05, 3.63) is 76.3 Å². The van der Waals surface area contributed by atoms with E-state index in [4.69, 9.17) is 11.6 Å². The van der Waals surface area contributed by atoms with Gasteiger partial charge in [-0.05, 0) is 24.3 Å². The first-order valence-corrected chi connectivity index (χ1v) is 8.06. The Kier molecular flexibility index (Phi) is 4.59. The average molecular weight is 358 g/mol. The molecule has 0 radical (unpaired) electrons. The van der Waals surface area contributed by atoms with Crippen LogP contribution in [0.25, 0.3) is 0 Å². The Morgan fingerprint density at radius 2 is 1.88 bits per heavy atom. The van der Waals surface area contributed by atoms with Gasteiger partial charge in [-0.15, -0.1) is 0 Å². The molecule has 1 aliphatic heterocycles. The number of amides is 1. The molecule has 1 heterocycles. The molecule has 0 fully saturated rings. The van der Waals surface area contributed by atoms with E-state index in [9.17, 15) is 9.18 Å². The van der Waals surface area contributed by atoms with Crippen LogP contribution < -0.4 is 4.90 Å². The van der Waals surface area contributed by atoms with E-state index in [0.29, 0.717) is 27.5 Å². The summed E-state index contributed by atoms with van der Waals surface area (Å²) in [6.07, 6.45) is 1.64. The van der Waals surface area contributed by atoms with Gasteiger partial charge in [-0.3, -0.25) is 4.79 Å². The second-order valence-electron chi connectivity index (χ2n) is 5.94. The summed E-state index contributed by atoms with van der Waals surface area (Å²) in [6, 6.07) is 11.5. The monoisotopic (exact) mass is 357 g/mol. The Labute approximate surface area is 150 Å². The van der Waals surface area contributed by atoms with Crippen molar-refractivity contribution in [1.29, 1.82) is 0 Å². The third-order valence-electron chi connectivity index (χ3n) is 3.84. The van der Waals surface area contributed by atoms with Gasteiger partial charge in [0.2, 0.25) is 0 Å². The van der Waals surface area contributed by atoms with Gasteiger partial charge in [-0.2, -0.15) is 0 Å². The summed E-state index contributed by atoms with van der Waals surface area (Å²) in [7, 11) is 5.26. The zero-order chi connectivity index (χ0) is 18.1. The van der Waals surface area contributed by atoms with E-state index in [1.807, 2.05) is 26.2 Å². The van der Waals surface area contributed by atoms with E-state index in [1.54, 1.807) is 36.3 Å². The summed E-state index contributed by atoms with van der Waals surface area (Å²) in [4.78, 5) is 20.6. The van der Waals surface area contributed by atoms with Crippen LogP contribution >= 0.6 is 11.6 Å². The van der Waals surface area contributed by atoms with E-state index < -0.39 is 5.82 Å². The van der Waals surface area contributed by atoms with Gasteiger partial charge >= 0.3 is 0 Å². The topological polar surface area (TPSA) is 35.9 Å². The largest absolute Gasteiger partial charge is 0.382 e. The molecular formula is C19H17ClFN3O. The van der Waals surface area contributed by atoms with Crippen molar-refractivity contribution in [2.45, 2.75) is 0 Å². The number of carbonyl (C=O) groups is 1. The Hall–Kier alpha value is -2.66. The number of aliphatic imine (C=N–C) groups is 1. The number of nitrogens with zero attached hydrogens (tertiary/aromatic N) is 3. The van der Waals surface area contributed by atoms with Gasteiger partial charge in [0.25, 0.3) is 5.91 Å². The maximum absolute atomic E-state index is 13.9. The summed E-state index contributed by atoms with van der Waals surface area (Å²) in [6.45, 7) is 0. The fraction of sp³-hybridized carbons (Fsp3) is 0.158. The quantitative estimate of drug-likeness (QED) is 0.768. The first-order valence-electron chi connectivity index (χ1n) is 7.68. The van der Waals surface area contributed by atoms with Gasteiger partial charge in [0.15, 0.2) is 0 Å². The first-order chi connectivity index (χ1) is 11.9. The van der Waals surface area contributed by atoms with Crippen molar-refractivity contribution in [1.82, 2.24) is 4.90 Å². The van der Waals surface area contributed by atoms with E-state index in [-0.39, 0.29) is 11.6 Å². The standard InChI is InChI=1S/C19H17ClFN3O/c1-23(2)11-16-19(25)24(3)17-9-8-12(21)10-14(17)18(22-16)13-6-4-5-7-15(13)20/h4-11H,1-3H3. The van der Waals surface area contributed by atoms with Gasteiger partial charge < -0.3 is 9.80 Å². The molecule has 4 nitrogen and oxygen atoms in total. The summed E-state index contributed by atoms with van der Waals surface area (Å²) in [5.74, 6) is -0.678. The fourth-order valence-electron chi connectivity index (χ4n) is 2.69. The number of rotatable bonds is 2. The van der Waals surface area contributed by atoms with Crippen LogP contribution in [0.3, 0.4) is 0 Å². The zero-order valence-electron chi connectivity index (χ0n) is 14.1. The van der Waals surface area contributed by atoms with Crippen LogP contribution in [0.2, 0.25) is 5.02 Å². The van der Waals surface area contributed by atoms with Gasteiger partial charge in [-0.1, -0.05) is 29.8 Å². The summed E-state index contributed by atoms with van der Waals surface area (Å²) in [5.41, 5.74) is 2.45. The number of halogens is 2. The van der Waals surface area contributed by atoms with Crippen molar-refractivity contribution in [3.8, 4) is 0 Å². The van der Waals surface area contributed by atoms with Crippen LogP contribution in [0, 0.1) is 5.82 Å². The molecule has 1 aliphatic rings. The number of anilines is 1. The van der Waals surface area contributed by atoms with Gasteiger partial charge in [-0.25, -0.2) is 9.38 Å². The van der Waals surface area contributed by atoms with Crippen molar-refractivity contribution < 1.29 is 9.18 Å². The lowest BCUT2D eigenvalue weighted by atomic mass is 10.00. The summed E-state index contributed by atoms with van der Waals surface area (Å²) in [5, 5.41) is 0.484. The highest BCUT2D eigenvalue weighted by molar-refractivity contribution is 6.36. The molecule has 2 aromatic rings. The Balaban J connectivity index is 2.34. The van der Waals surface area contributed by atoms with Crippen LogP contribution in [0.15, 0.2) is 59.4 Å². The second-order valence-corrected chi connectivity index (χ2v) is 6.35.